The number of aliphatic hydroxyl groups is 1. The van der Waals surface area contributed by atoms with Crippen LogP contribution in [0, 0.1) is 0 Å². The van der Waals surface area contributed by atoms with Gasteiger partial charge in [0, 0.05) is 20.2 Å². The number of aliphatic hydroxyl groups excluding tert-OH is 1. The van der Waals surface area contributed by atoms with Crippen LogP contribution in [-0.2, 0) is 16.0 Å². The minimum absolute atomic E-state index is 0.0207. The maximum Gasteiger partial charge on any atom is 0.305 e. The lowest BCUT2D eigenvalue weighted by Gasteiger charge is -2.36. The molecule has 5 rings (SSSR count). The molecule has 1 N–H and O–H groups in total. The maximum absolute atomic E-state index is 10.1. The smallest absolute Gasteiger partial charge is 0.305 e. The topological polar surface area (TPSA) is 100 Å². The number of para-hydroxylation sites is 1. The molecule has 2 atom stereocenters. The van der Waals surface area contributed by atoms with Gasteiger partial charge in [-0.05, 0) is 17.2 Å². The number of anilines is 1. The van der Waals surface area contributed by atoms with Crippen LogP contribution >= 0.6 is 0 Å². The van der Waals surface area contributed by atoms with Gasteiger partial charge in [-0.3, -0.25) is 9.67 Å². The van der Waals surface area contributed by atoms with Gasteiger partial charge in [0.1, 0.15) is 12.4 Å². The molecule has 3 aliphatic rings. The molecule has 2 aromatic rings. The van der Waals surface area contributed by atoms with Gasteiger partial charge in [0.25, 0.3) is 5.84 Å². The second-order valence-electron chi connectivity index (χ2n) is 7.87. The van der Waals surface area contributed by atoms with Gasteiger partial charge in [-0.1, -0.05) is 22.8 Å². The lowest BCUT2D eigenvalue weighted by molar-refractivity contribution is 0.0392. The summed E-state index contributed by atoms with van der Waals surface area (Å²) in [4.78, 5) is 9.17. The van der Waals surface area contributed by atoms with Crippen molar-refractivity contribution in [2.75, 3.05) is 45.0 Å². The fourth-order valence-corrected chi connectivity index (χ4v) is 4.05. The molecule has 0 radical (unpaired) electrons. The van der Waals surface area contributed by atoms with Crippen LogP contribution in [0.1, 0.15) is 0 Å². The number of fused-ring (bicyclic) bond motifs is 1. The third-order valence-electron chi connectivity index (χ3n) is 5.60. The van der Waals surface area contributed by atoms with Crippen molar-refractivity contribution in [2.24, 2.45) is 15.1 Å². The number of hydrogen-bond donors (Lipinski definition) is 1. The van der Waals surface area contributed by atoms with Crippen molar-refractivity contribution in [2.45, 2.75) is 12.6 Å². The van der Waals surface area contributed by atoms with Crippen molar-refractivity contribution in [3.8, 4) is 0 Å². The summed E-state index contributed by atoms with van der Waals surface area (Å²) >= 11 is 0. The van der Waals surface area contributed by atoms with Crippen LogP contribution in [0.4, 0.5) is 11.4 Å². The number of methoxy groups -OCH3 is 1. The van der Waals surface area contributed by atoms with E-state index in [1.165, 1.54) is 0 Å². The molecule has 1 fully saturated rings. The van der Waals surface area contributed by atoms with Gasteiger partial charge in [-0.15, -0.1) is 4.99 Å². The molecule has 33 heavy (non-hydrogen) atoms. The first-order valence-electron chi connectivity index (χ1n) is 10.9. The summed E-state index contributed by atoms with van der Waals surface area (Å²) < 4.78 is 12.3. The van der Waals surface area contributed by atoms with Crippen LogP contribution in [0.3, 0.4) is 0 Å². The van der Waals surface area contributed by atoms with Crippen LogP contribution in [0.5, 0.6) is 0 Å². The molecule has 0 amide bonds. The predicted molar refractivity (Wildman–Crippen MR) is 126 cm³/mol. The standard InChI is InChI=1S/C22H27N8O3/c1-32-17-20(31)16-27-15-19(13-24-27)30-10-7-23-14-21(30)25-22(26-30)29(18-5-3-2-4-6-18)28-8-11-33-12-9-28/h2-7,10,13-15,20,31H,8-9,11-12,16-17H2,1H3/q+1. The molecule has 1 aromatic heterocycles. The lowest BCUT2D eigenvalue weighted by atomic mass is 10.3. The quantitative estimate of drug-likeness (QED) is 0.635. The summed E-state index contributed by atoms with van der Waals surface area (Å²) in [5.41, 5.74) is 1.77. The molecule has 1 aromatic carbocycles. The Hall–Kier alpha value is -3.22. The van der Waals surface area contributed by atoms with Crippen molar-refractivity contribution >= 4 is 29.4 Å². The predicted octanol–water partition coefficient (Wildman–Crippen LogP) is 1.19. The molecule has 2 unspecified atom stereocenters. The lowest BCUT2D eigenvalue weighted by Crippen LogP contribution is -2.51. The van der Waals surface area contributed by atoms with E-state index in [2.05, 4.69) is 15.1 Å². The monoisotopic (exact) mass is 451 g/mol. The third-order valence-corrected chi connectivity index (χ3v) is 5.60. The average Bonchev–Trinajstić information content (AvgIpc) is 3.46. The molecule has 0 aliphatic carbocycles. The highest BCUT2D eigenvalue weighted by Crippen LogP contribution is 2.32. The molecule has 4 heterocycles. The van der Waals surface area contributed by atoms with Crippen LogP contribution < -0.4 is 9.60 Å². The van der Waals surface area contributed by atoms with E-state index in [0.29, 0.717) is 31.6 Å². The molecule has 0 spiro atoms. The number of rotatable bonds is 7. The number of aromatic nitrogens is 2. The Bertz CT molecular complexity index is 1090. The summed E-state index contributed by atoms with van der Waals surface area (Å²) in [6, 6.07) is 10.1. The number of quaternary nitrogens is 1. The summed E-state index contributed by atoms with van der Waals surface area (Å²) in [6.07, 6.45) is 8.27. The number of hydrazine groups is 1. The number of hydrogen-bond acceptors (Lipinski definition) is 9. The number of aliphatic imine (C=N–C) groups is 2. The van der Waals surface area contributed by atoms with E-state index in [1.807, 2.05) is 47.7 Å². The van der Waals surface area contributed by atoms with Crippen molar-refractivity contribution in [3.63, 3.8) is 0 Å². The van der Waals surface area contributed by atoms with Gasteiger partial charge in [-0.25, -0.2) is 10.0 Å². The number of benzene rings is 1. The van der Waals surface area contributed by atoms with Gasteiger partial charge < -0.3 is 14.6 Å². The molecular formula is C22H27N8O3+. The number of amidine groups is 1. The first-order valence-corrected chi connectivity index (χ1v) is 10.9. The molecule has 11 heteroatoms. The second kappa shape index (κ2) is 9.33. The SMILES string of the molecule is COCC(O)Cn1cc([N+]23C=CN=CC2=NC(N(c2ccccc2)N2CCOCC2)=N3)cn1. The van der Waals surface area contributed by atoms with E-state index in [-0.39, 0.29) is 11.2 Å². The van der Waals surface area contributed by atoms with Crippen LogP contribution in [-0.4, -0.2) is 84.0 Å². The Morgan fingerprint density at radius 2 is 2.06 bits per heavy atom. The number of guanidine groups is 1. The Morgan fingerprint density at radius 1 is 1.24 bits per heavy atom. The van der Waals surface area contributed by atoms with Crippen molar-refractivity contribution in [1.29, 1.82) is 0 Å². The molecular weight excluding hydrogens is 424 g/mol. The van der Waals surface area contributed by atoms with Gasteiger partial charge in [0.2, 0.25) is 5.69 Å². The fraction of sp³-hybridized carbons (Fsp3) is 0.364. The molecule has 0 saturated carbocycles. The van der Waals surface area contributed by atoms with Gasteiger partial charge in [0.15, 0.2) is 6.20 Å². The number of morpholine rings is 1. The van der Waals surface area contributed by atoms with Crippen LogP contribution in [0.15, 0.2) is 70.2 Å². The molecule has 0 bridgehead atoms. The Labute approximate surface area is 191 Å². The average molecular weight is 452 g/mol. The zero-order valence-electron chi connectivity index (χ0n) is 18.4. The van der Waals surface area contributed by atoms with E-state index in [0.717, 1.165) is 24.5 Å². The molecule has 172 valence electrons. The van der Waals surface area contributed by atoms with E-state index >= 15 is 0 Å². The van der Waals surface area contributed by atoms with E-state index in [9.17, 15) is 5.11 Å². The third kappa shape index (κ3) is 4.24. The summed E-state index contributed by atoms with van der Waals surface area (Å²) in [5, 5.41) is 23.8. The van der Waals surface area contributed by atoms with Gasteiger partial charge >= 0.3 is 5.96 Å². The Kier molecular flexibility index (Phi) is 6.11. The van der Waals surface area contributed by atoms with Crippen LogP contribution in [0.25, 0.3) is 0 Å². The zero-order valence-corrected chi connectivity index (χ0v) is 18.4. The van der Waals surface area contributed by atoms with Gasteiger partial charge in [-0.2, -0.15) is 5.10 Å². The first kappa shape index (κ1) is 21.6. The molecule has 3 aliphatic heterocycles. The highest BCUT2D eigenvalue weighted by molar-refractivity contribution is 6.38. The maximum atomic E-state index is 10.1. The van der Waals surface area contributed by atoms with E-state index < -0.39 is 6.10 Å². The Morgan fingerprint density at radius 3 is 2.85 bits per heavy atom. The molecule has 11 nitrogen and oxygen atoms in total. The Balaban J connectivity index is 1.52. The number of ether oxygens (including phenoxy) is 2. The largest absolute Gasteiger partial charge is 0.389 e. The fourth-order valence-electron chi connectivity index (χ4n) is 4.05. The second-order valence-corrected chi connectivity index (χ2v) is 7.87. The summed E-state index contributed by atoms with van der Waals surface area (Å²) in [5.74, 6) is 1.22. The summed E-state index contributed by atoms with van der Waals surface area (Å²) in [7, 11) is 1.56. The minimum atomic E-state index is -0.651. The van der Waals surface area contributed by atoms with Crippen molar-refractivity contribution in [3.05, 3.63) is 55.1 Å². The van der Waals surface area contributed by atoms with Crippen molar-refractivity contribution in [1.82, 2.24) is 19.4 Å². The highest BCUT2D eigenvalue weighted by Gasteiger charge is 2.46. The minimum Gasteiger partial charge on any atom is -0.389 e. The number of nitrogens with zero attached hydrogens (tertiary/aromatic N) is 8. The van der Waals surface area contributed by atoms with Gasteiger partial charge in [0.05, 0.1) is 50.6 Å². The van der Waals surface area contributed by atoms with E-state index in [1.54, 1.807) is 30.4 Å². The van der Waals surface area contributed by atoms with Crippen LogP contribution in [0.2, 0.25) is 0 Å². The summed E-state index contributed by atoms with van der Waals surface area (Å²) in [6.45, 7) is 3.31. The zero-order chi connectivity index (χ0) is 22.7. The van der Waals surface area contributed by atoms with E-state index in [4.69, 9.17) is 19.6 Å². The first-order chi connectivity index (χ1) is 16.2. The van der Waals surface area contributed by atoms with Crippen molar-refractivity contribution < 1.29 is 14.6 Å². The highest BCUT2D eigenvalue weighted by atomic mass is 16.5. The normalized spacial score (nSPS) is 23.2. The molecule has 1 saturated heterocycles.